The zero-order chi connectivity index (χ0) is 15.6. The van der Waals surface area contributed by atoms with Gasteiger partial charge in [0.1, 0.15) is 5.78 Å². The average Bonchev–Trinajstić information content (AvgIpc) is 2.40. The van der Waals surface area contributed by atoms with Crippen molar-refractivity contribution in [1.82, 2.24) is 9.55 Å². The molecule has 21 heavy (non-hydrogen) atoms. The highest BCUT2D eigenvalue weighted by Gasteiger charge is 2.13. The van der Waals surface area contributed by atoms with E-state index in [-0.39, 0.29) is 11.3 Å². The molecular formula is C15H17BrN2O2S. The fraction of sp³-hybridized carbons (Fsp3) is 0.400. The first-order valence-corrected chi connectivity index (χ1v) is 8.48. The molecule has 0 fully saturated rings. The molecule has 1 aromatic carbocycles. The molecule has 0 spiro atoms. The maximum Gasteiger partial charge on any atom is 0.262 e. The molecule has 112 valence electrons. The highest BCUT2D eigenvalue weighted by atomic mass is 79.9. The van der Waals surface area contributed by atoms with Crippen LogP contribution in [0.25, 0.3) is 10.9 Å². The quantitative estimate of drug-likeness (QED) is 0.598. The fourth-order valence-electron chi connectivity index (χ4n) is 1.98. The Bertz CT molecular complexity index is 740. The Labute approximate surface area is 136 Å². The molecule has 0 aliphatic carbocycles. The molecule has 0 saturated carbocycles. The van der Waals surface area contributed by atoms with Gasteiger partial charge in [0.25, 0.3) is 5.56 Å². The number of benzene rings is 1. The van der Waals surface area contributed by atoms with E-state index in [1.807, 2.05) is 12.1 Å². The van der Waals surface area contributed by atoms with Crippen LogP contribution in [-0.4, -0.2) is 21.1 Å². The molecule has 0 N–H and O–H groups in total. The fourth-order valence-corrected chi connectivity index (χ4v) is 3.14. The van der Waals surface area contributed by atoms with Gasteiger partial charge in [0.05, 0.1) is 16.7 Å². The first-order chi connectivity index (χ1) is 9.88. The SMILES string of the molecule is CC(=O)CSc1nc2ccc(Br)cc2c(=O)n1CC(C)C. The Hall–Kier alpha value is -1.14. The van der Waals surface area contributed by atoms with Gasteiger partial charge < -0.3 is 0 Å². The van der Waals surface area contributed by atoms with E-state index >= 15 is 0 Å². The molecule has 0 atom stereocenters. The van der Waals surface area contributed by atoms with E-state index in [1.165, 1.54) is 18.7 Å². The van der Waals surface area contributed by atoms with Crippen molar-refractivity contribution in [3.05, 3.63) is 33.0 Å². The van der Waals surface area contributed by atoms with Crippen LogP contribution < -0.4 is 5.56 Å². The number of nitrogens with zero attached hydrogens (tertiary/aromatic N) is 2. The minimum Gasteiger partial charge on any atom is -0.299 e. The Morgan fingerprint density at radius 3 is 2.76 bits per heavy atom. The highest BCUT2D eigenvalue weighted by Crippen LogP contribution is 2.21. The van der Waals surface area contributed by atoms with Crippen LogP contribution in [0.5, 0.6) is 0 Å². The molecule has 0 saturated heterocycles. The van der Waals surface area contributed by atoms with Gasteiger partial charge in [-0.2, -0.15) is 0 Å². The number of carbonyl (C=O) groups excluding carboxylic acids is 1. The van der Waals surface area contributed by atoms with Crippen LogP contribution in [0.1, 0.15) is 20.8 Å². The minimum atomic E-state index is -0.0546. The summed E-state index contributed by atoms with van der Waals surface area (Å²) >= 11 is 4.71. The molecule has 1 heterocycles. The lowest BCUT2D eigenvalue weighted by Crippen LogP contribution is -2.25. The Balaban J connectivity index is 2.61. The van der Waals surface area contributed by atoms with Gasteiger partial charge in [-0.15, -0.1) is 0 Å². The van der Waals surface area contributed by atoms with Crippen LogP contribution in [0.2, 0.25) is 0 Å². The molecule has 6 heteroatoms. The van der Waals surface area contributed by atoms with Gasteiger partial charge in [-0.3, -0.25) is 14.2 Å². The van der Waals surface area contributed by atoms with Gasteiger partial charge in [-0.25, -0.2) is 4.98 Å². The van der Waals surface area contributed by atoms with Crippen molar-refractivity contribution in [2.75, 3.05) is 5.75 Å². The normalized spacial score (nSPS) is 11.3. The lowest BCUT2D eigenvalue weighted by Gasteiger charge is -2.14. The average molecular weight is 369 g/mol. The Morgan fingerprint density at radius 2 is 2.14 bits per heavy atom. The molecule has 0 bridgehead atoms. The Morgan fingerprint density at radius 1 is 1.43 bits per heavy atom. The summed E-state index contributed by atoms with van der Waals surface area (Å²) in [5.74, 6) is 0.721. The van der Waals surface area contributed by atoms with Crippen molar-refractivity contribution in [1.29, 1.82) is 0 Å². The van der Waals surface area contributed by atoms with Crippen LogP contribution in [0.15, 0.2) is 32.6 Å². The van der Waals surface area contributed by atoms with Crippen LogP contribution >= 0.6 is 27.7 Å². The van der Waals surface area contributed by atoms with Crippen molar-refractivity contribution in [2.45, 2.75) is 32.5 Å². The van der Waals surface area contributed by atoms with Gasteiger partial charge in [-0.05, 0) is 31.0 Å². The molecule has 1 aromatic heterocycles. The molecule has 0 amide bonds. The van der Waals surface area contributed by atoms with Crippen molar-refractivity contribution in [3.63, 3.8) is 0 Å². The maximum absolute atomic E-state index is 12.7. The van der Waals surface area contributed by atoms with E-state index in [9.17, 15) is 9.59 Å². The summed E-state index contributed by atoms with van der Waals surface area (Å²) in [4.78, 5) is 28.4. The number of ketones is 1. The summed E-state index contributed by atoms with van der Waals surface area (Å²) < 4.78 is 2.53. The molecule has 2 aromatic rings. The lowest BCUT2D eigenvalue weighted by atomic mass is 10.2. The van der Waals surface area contributed by atoms with E-state index in [1.54, 1.807) is 10.6 Å². The third-order valence-corrected chi connectivity index (χ3v) is 4.45. The maximum atomic E-state index is 12.7. The largest absolute Gasteiger partial charge is 0.299 e. The van der Waals surface area contributed by atoms with Crippen LogP contribution in [0.4, 0.5) is 0 Å². The second kappa shape index (κ2) is 6.75. The first-order valence-electron chi connectivity index (χ1n) is 6.71. The molecule has 2 rings (SSSR count). The number of hydrogen-bond acceptors (Lipinski definition) is 4. The van der Waals surface area contributed by atoms with E-state index < -0.39 is 0 Å². The molecule has 0 radical (unpaired) electrons. The van der Waals surface area contributed by atoms with E-state index in [0.717, 1.165) is 4.47 Å². The van der Waals surface area contributed by atoms with Crippen LogP contribution in [0, 0.1) is 5.92 Å². The molecular weight excluding hydrogens is 352 g/mol. The standard InChI is InChI=1S/C15H17BrN2O2S/c1-9(2)7-18-14(20)12-6-11(16)4-5-13(12)17-15(18)21-8-10(3)19/h4-6,9H,7-8H2,1-3H3. The molecule has 4 nitrogen and oxygen atoms in total. The number of Topliss-reactive ketones (excluding diaryl/α,β-unsaturated/α-hetero) is 1. The minimum absolute atomic E-state index is 0.0546. The molecule has 0 unspecified atom stereocenters. The highest BCUT2D eigenvalue weighted by molar-refractivity contribution is 9.10. The number of thioether (sulfide) groups is 1. The number of fused-ring (bicyclic) bond motifs is 1. The van der Waals surface area contributed by atoms with E-state index in [0.29, 0.717) is 34.3 Å². The summed E-state index contributed by atoms with van der Waals surface area (Å²) in [5, 5.41) is 1.20. The first kappa shape index (κ1) is 16.2. The monoisotopic (exact) mass is 368 g/mol. The zero-order valence-electron chi connectivity index (χ0n) is 12.2. The van der Waals surface area contributed by atoms with Crippen molar-refractivity contribution < 1.29 is 4.79 Å². The van der Waals surface area contributed by atoms with Crippen LogP contribution in [0.3, 0.4) is 0 Å². The number of carbonyl (C=O) groups is 1. The summed E-state index contributed by atoms with van der Waals surface area (Å²) in [6.45, 7) is 6.23. The second-order valence-electron chi connectivity index (χ2n) is 5.36. The lowest BCUT2D eigenvalue weighted by molar-refractivity contribution is -0.114. The number of halogens is 1. The third kappa shape index (κ3) is 3.95. The number of aromatic nitrogens is 2. The molecule has 0 aliphatic rings. The van der Waals surface area contributed by atoms with Crippen molar-refractivity contribution in [3.8, 4) is 0 Å². The third-order valence-electron chi connectivity index (χ3n) is 2.83. The van der Waals surface area contributed by atoms with Gasteiger partial charge in [0.2, 0.25) is 0 Å². The summed E-state index contributed by atoms with van der Waals surface area (Å²) in [7, 11) is 0. The summed E-state index contributed by atoms with van der Waals surface area (Å²) in [6.07, 6.45) is 0. The predicted molar refractivity (Wildman–Crippen MR) is 89.9 cm³/mol. The predicted octanol–water partition coefficient (Wildman–Crippen LogP) is 3.50. The van der Waals surface area contributed by atoms with Crippen molar-refractivity contribution >= 4 is 44.4 Å². The van der Waals surface area contributed by atoms with Gasteiger partial charge in [0.15, 0.2) is 5.16 Å². The van der Waals surface area contributed by atoms with Gasteiger partial charge in [-0.1, -0.05) is 41.5 Å². The van der Waals surface area contributed by atoms with E-state index in [2.05, 4.69) is 34.8 Å². The number of rotatable bonds is 5. The topological polar surface area (TPSA) is 52.0 Å². The zero-order valence-corrected chi connectivity index (χ0v) is 14.6. The van der Waals surface area contributed by atoms with Gasteiger partial charge in [0, 0.05) is 11.0 Å². The number of hydrogen-bond donors (Lipinski definition) is 0. The smallest absolute Gasteiger partial charge is 0.262 e. The van der Waals surface area contributed by atoms with E-state index in [4.69, 9.17) is 0 Å². The second-order valence-corrected chi connectivity index (χ2v) is 7.21. The van der Waals surface area contributed by atoms with Crippen molar-refractivity contribution in [2.24, 2.45) is 5.92 Å². The summed E-state index contributed by atoms with van der Waals surface area (Å²) in [5.41, 5.74) is 0.607. The Kier molecular flexibility index (Phi) is 5.22. The molecule has 0 aliphatic heterocycles. The van der Waals surface area contributed by atoms with Gasteiger partial charge >= 0.3 is 0 Å². The summed E-state index contributed by atoms with van der Waals surface area (Å²) in [6, 6.07) is 5.47. The van der Waals surface area contributed by atoms with Crippen LogP contribution in [-0.2, 0) is 11.3 Å².